The van der Waals surface area contributed by atoms with Gasteiger partial charge in [0.1, 0.15) is 5.82 Å². The van der Waals surface area contributed by atoms with Crippen LogP contribution in [0.4, 0.5) is 0 Å². The van der Waals surface area contributed by atoms with E-state index in [1.165, 1.54) is 4.90 Å². The first-order valence-corrected chi connectivity index (χ1v) is 5.53. The Labute approximate surface area is 101 Å². The van der Waals surface area contributed by atoms with E-state index in [9.17, 15) is 4.79 Å². The van der Waals surface area contributed by atoms with Crippen molar-refractivity contribution in [2.24, 2.45) is 5.92 Å². The van der Waals surface area contributed by atoms with Gasteiger partial charge in [-0.3, -0.25) is 9.89 Å². The molecule has 1 unspecified atom stereocenters. The highest BCUT2D eigenvalue weighted by atomic mass is 16.2. The van der Waals surface area contributed by atoms with E-state index in [0.717, 1.165) is 0 Å². The van der Waals surface area contributed by atoms with Crippen LogP contribution < -0.4 is 0 Å². The minimum Gasteiger partial charge on any atom is -0.338 e. The van der Waals surface area contributed by atoms with Crippen LogP contribution in [0.2, 0.25) is 0 Å². The third kappa shape index (κ3) is 3.28. The molecule has 1 aromatic rings. The zero-order valence-corrected chi connectivity index (χ0v) is 10.6. The lowest BCUT2D eigenvalue weighted by Gasteiger charge is -2.15. The van der Waals surface area contributed by atoms with Crippen molar-refractivity contribution in [1.29, 1.82) is 5.26 Å². The van der Waals surface area contributed by atoms with Crippen LogP contribution in [-0.4, -0.2) is 39.6 Å². The Hall–Kier alpha value is -1.90. The molecular formula is C11H17N5O. The number of hydrogen-bond donors (Lipinski definition) is 1. The van der Waals surface area contributed by atoms with E-state index in [4.69, 9.17) is 5.26 Å². The van der Waals surface area contributed by atoms with Crippen molar-refractivity contribution in [2.45, 2.75) is 26.7 Å². The molecule has 1 atom stereocenters. The molecule has 0 bridgehead atoms. The fraction of sp³-hybridized carbons (Fsp3) is 0.636. The molecule has 6 heteroatoms. The summed E-state index contributed by atoms with van der Waals surface area (Å²) in [4.78, 5) is 17.5. The SMILES string of the molecule is CC(C#N)CN(C)C(=O)c1n[nH]c(C(C)C)n1. The molecule has 1 amide bonds. The molecule has 92 valence electrons. The van der Waals surface area contributed by atoms with Crippen molar-refractivity contribution in [2.75, 3.05) is 13.6 Å². The van der Waals surface area contributed by atoms with Crippen molar-refractivity contribution >= 4 is 5.91 Å². The van der Waals surface area contributed by atoms with Gasteiger partial charge in [0.2, 0.25) is 5.82 Å². The predicted molar refractivity (Wildman–Crippen MR) is 62.2 cm³/mol. The van der Waals surface area contributed by atoms with Gasteiger partial charge in [0.25, 0.3) is 5.91 Å². The summed E-state index contributed by atoms with van der Waals surface area (Å²) < 4.78 is 0. The number of rotatable bonds is 4. The van der Waals surface area contributed by atoms with E-state index in [-0.39, 0.29) is 23.6 Å². The van der Waals surface area contributed by atoms with Crippen molar-refractivity contribution < 1.29 is 4.79 Å². The van der Waals surface area contributed by atoms with Crippen LogP contribution in [0, 0.1) is 17.2 Å². The fourth-order valence-electron chi connectivity index (χ4n) is 1.33. The number of carbonyl (C=O) groups excluding carboxylic acids is 1. The number of amides is 1. The maximum Gasteiger partial charge on any atom is 0.293 e. The number of nitriles is 1. The Bertz CT molecular complexity index is 431. The van der Waals surface area contributed by atoms with Crippen LogP contribution in [0.5, 0.6) is 0 Å². The third-order valence-electron chi connectivity index (χ3n) is 2.36. The van der Waals surface area contributed by atoms with E-state index < -0.39 is 0 Å². The van der Waals surface area contributed by atoms with E-state index in [1.807, 2.05) is 13.8 Å². The van der Waals surface area contributed by atoms with E-state index >= 15 is 0 Å². The zero-order valence-electron chi connectivity index (χ0n) is 10.6. The highest BCUT2D eigenvalue weighted by Gasteiger charge is 2.19. The Balaban J connectivity index is 2.72. The Morgan fingerprint density at radius 2 is 2.18 bits per heavy atom. The molecule has 17 heavy (non-hydrogen) atoms. The minimum atomic E-state index is -0.268. The van der Waals surface area contributed by atoms with Crippen molar-refractivity contribution in [3.63, 3.8) is 0 Å². The summed E-state index contributed by atoms with van der Waals surface area (Å²) in [5.41, 5.74) is 0. The first-order chi connectivity index (χ1) is 7.95. The molecule has 0 saturated heterocycles. The minimum absolute atomic E-state index is 0.154. The van der Waals surface area contributed by atoms with Gasteiger partial charge >= 0.3 is 0 Å². The van der Waals surface area contributed by atoms with E-state index in [2.05, 4.69) is 21.3 Å². The standard InChI is InChI=1S/C11H17N5O/c1-7(2)9-13-10(15-14-9)11(17)16(4)6-8(3)5-12/h7-8H,6H2,1-4H3,(H,13,14,15). The lowest BCUT2D eigenvalue weighted by atomic mass is 10.2. The molecule has 1 heterocycles. The second-order valence-corrected chi connectivity index (χ2v) is 4.41. The molecule has 6 nitrogen and oxygen atoms in total. The van der Waals surface area contributed by atoms with Crippen LogP contribution in [0.1, 0.15) is 43.1 Å². The summed E-state index contributed by atoms with van der Waals surface area (Å²) in [6, 6.07) is 2.08. The van der Waals surface area contributed by atoms with Gasteiger partial charge in [0.15, 0.2) is 0 Å². The normalized spacial score (nSPS) is 12.2. The molecule has 0 spiro atoms. The van der Waals surface area contributed by atoms with Gasteiger partial charge in [0, 0.05) is 19.5 Å². The smallest absolute Gasteiger partial charge is 0.293 e. The Morgan fingerprint density at radius 3 is 2.65 bits per heavy atom. The van der Waals surface area contributed by atoms with E-state index in [0.29, 0.717) is 12.4 Å². The maximum atomic E-state index is 11.9. The first kappa shape index (κ1) is 13.2. The molecule has 0 aromatic carbocycles. The molecule has 1 N–H and O–H groups in total. The molecule has 1 aromatic heterocycles. The average molecular weight is 235 g/mol. The summed E-state index contributed by atoms with van der Waals surface area (Å²) in [6.07, 6.45) is 0. The number of H-pyrrole nitrogens is 1. The number of aromatic amines is 1. The highest BCUT2D eigenvalue weighted by Crippen LogP contribution is 2.09. The topological polar surface area (TPSA) is 85.7 Å². The van der Waals surface area contributed by atoms with Gasteiger partial charge in [0.05, 0.1) is 12.0 Å². The molecule has 0 aliphatic heterocycles. The average Bonchev–Trinajstić information content (AvgIpc) is 2.77. The van der Waals surface area contributed by atoms with Crippen molar-refractivity contribution in [3.05, 3.63) is 11.6 Å². The molecule has 0 saturated carbocycles. The third-order valence-corrected chi connectivity index (χ3v) is 2.36. The maximum absolute atomic E-state index is 11.9. The summed E-state index contributed by atoms with van der Waals surface area (Å²) in [5.74, 6) is 0.575. The zero-order chi connectivity index (χ0) is 13.0. The van der Waals surface area contributed by atoms with Crippen LogP contribution in [0.25, 0.3) is 0 Å². The van der Waals surface area contributed by atoms with Crippen LogP contribution >= 0.6 is 0 Å². The second-order valence-electron chi connectivity index (χ2n) is 4.41. The van der Waals surface area contributed by atoms with Crippen LogP contribution in [0.15, 0.2) is 0 Å². The summed E-state index contributed by atoms with van der Waals surface area (Å²) in [7, 11) is 1.64. The van der Waals surface area contributed by atoms with Gasteiger partial charge in [-0.05, 0) is 6.92 Å². The summed E-state index contributed by atoms with van der Waals surface area (Å²) in [5, 5.41) is 15.3. The van der Waals surface area contributed by atoms with Crippen molar-refractivity contribution in [1.82, 2.24) is 20.1 Å². The number of aromatic nitrogens is 3. The van der Waals surface area contributed by atoms with E-state index in [1.54, 1.807) is 14.0 Å². The molecule has 0 fully saturated rings. The first-order valence-electron chi connectivity index (χ1n) is 5.53. The van der Waals surface area contributed by atoms with Gasteiger partial charge in [-0.1, -0.05) is 13.8 Å². The van der Waals surface area contributed by atoms with Gasteiger partial charge in [-0.15, -0.1) is 5.10 Å². The Kier molecular flexibility index (Phi) is 4.21. The monoisotopic (exact) mass is 235 g/mol. The number of nitrogens with zero attached hydrogens (tertiary/aromatic N) is 4. The van der Waals surface area contributed by atoms with Crippen LogP contribution in [0.3, 0.4) is 0 Å². The molecule has 0 radical (unpaired) electrons. The number of nitrogens with one attached hydrogen (secondary N) is 1. The van der Waals surface area contributed by atoms with Gasteiger partial charge in [-0.25, -0.2) is 4.98 Å². The van der Waals surface area contributed by atoms with Crippen LogP contribution in [-0.2, 0) is 0 Å². The fourth-order valence-corrected chi connectivity index (χ4v) is 1.33. The predicted octanol–water partition coefficient (Wildman–Crippen LogP) is 1.16. The lowest BCUT2D eigenvalue weighted by Crippen LogP contribution is -2.31. The summed E-state index contributed by atoms with van der Waals surface area (Å²) in [6.45, 7) is 6.08. The van der Waals surface area contributed by atoms with Gasteiger partial charge < -0.3 is 4.90 Å². The largest absolute Gasteiger partial charge is 0.338 e. The summed E-state index contributed by atoms with van der Waals surface area (Å²) >= 11 is 0. The van der Waals surface area contributed by atoms with Crippen molar-refractivity contribution in [3.8, 4) is 6.07 Å². The second kappa shape index (κ2) is 5.43. The Morgan fingerprint density at radius 1 is 1.53 bits per heavy atom. The number of hydrogen-bond acceptors (Lipinski definition) is 4. The molecule has 1 rings (SSSR count). The molecule has 0 aliphatic carbocycles. The van der Waals surface area contributed by atoms with Gasteiger partial charge in [-0.2, -0.15) is 5.26 Å². The number of carbonyl (C=O) groups is 1. The lowest BCUT2D eigenvalue weighted by molar-refractivity contribution is 0.0773. The highest BCUT2D eigenvalue weighted by molar-refractivity contribution is 5.90. The molecule has 0 aliphatic rings. The quantitative estimate of drug-likeness (QED) is 0.848. The molecular weight excluding hydrogens is 218 g/mol.